The summed E-state index contributed by atoms with van der Waals surface area (Å²) in [5, 5.41) is 23.7. The number of fused-ring (bicyclic) bond motifs is 2. The third-order valence-electron chi connectivity index (χ3n) is 9.05. The first-order valence-corrected chi connectivity index (χ1v) is 15.1. The highest BCUT2D eigenvalue weighted by molar-refractivity contribution is 14.1. The normalized spacial score (nSPS) is 29.7. The predicted octanol–water partition coefficient (Wildman–Crippen LogP) is 4.15. The van der Waals surface area contributed by atoms with E-state index >= 15 is 0 Å². The van der Waals surface area contributed by atoms with Crippen molar-refractivity contribution in [3.63, 3.8) is 0 Å². The molecule has 6 unspecified atom stereocenters. The second-order valence-corrected chi connectivity index (χ2v) is 13.5. The van der Waals surface area contributed by atoms with Gasteiger partial charge in [0.2, 0.25) is 11.8 Å². The molecular weight excluding hydrogens is 595 g/mol. The van der Waals surface area contributed by atoms with Crippen LogP contribution < -0.4 is 10.1 Å². The predicted molar refractivity (Wildman–Crippen MR) is 155 cm³/mol. The van der Waals surface area contributed by atoms with Crippen LogP contribution in [0.1, 0.15) is 59.8 Å². The van der Waals surface area contributed by atoms with Crippen molar-refractivity contribution in [3.8, 4) is 5.75 Å². The lowest BCUT2D eigenvalue weighted by Gasteiger charge is -2.61. The first-order chi connectivity index (χ1) is 18.0. The third kappa shape index (κ3) is 6.22. The number of amides is 2. The Bertz CT molecular complexity index is 1040. The standard InChI is InChI=1S/C30H43IN2O5/c1-18(2)13-27(35)33(17-19-9-10-21-16-22(19)30(21,3)4)24-14-20(29(37)32-11-12-34)15-26(28(24)36)38-25-8-6-5-7-23(25)31/h5-8,15,18-19,21-22,24,26,28,34,36H,9-14,16-17H2,1-4H3,(H,32,37). The fraction of sp³-hybridized carbons (Fsp3) is 0.667. The van der Waals surface area contributed by atoms with Gasteiger partial charge in [-0.25, -0.2) is 0 Å². The number of aliphatic hydroxyl groups is 2. The average molecular weight is 639 g/mol. The van der Waals surface area contributed by atoms with E-state index in [1.165, 1.54) is 12.8 Å². The number of carbonyl (C=O) groups is 2. The van der Waals surface area contributed by atoms with Crippen LogP contribution >= 0.6 is 22.6 Å². The van der Waals surface area contributed by atoms with Gasteiger partial charge in [0.25, 0.3) is 0 Å². The van der Waals surface area contributed by atoms with Gasteiger partial charge in [0.15, 0.2) is 0 Å². The molecule has 2 amide bonds. The van der Waals surface area contributed by atoms with Crippen molar-refractivity contribution in [2.24, 2.45) is 29.1 Å². The minimum atomic E-state index is -0.984. The quantitative estimate of drug-likeness (QED) is 0.335. The molecular formula is C30H43IN2O5. The van der Waals surface area contributed by atoms with Crippen LogP contribution in [0.5, 0.6) is 5.75 Å². The molecule has 5 rings (SSSR count). The van der Waals surface area contributed by atoms with Gasteiger partial charge in [0, 0.05) is 31.5 Å². The Labute approximate surface area is 240 Å². The Hall–Kier alpha value is -1.65. The van der Waals surface area contributed by atoms with Crippen molar-refractivity contribution >= 4 is 34.4 Å². The van der Waals surface area contributed by atoms with Crippen molar-refractivity contribution in [2.75, 3.05) is 19.7 Å². The zero-order valence-electron chi connectivity index (χ0n) is 23.0. The molecule has 0 aliphatic heterocycles. The molecule has 6 atom stereocenters. The molecule has 38 heavy (non-hydrogen) atoms. The lowest BCUT2D eigenvalue weighted by molar-refractivity contribution is -0.148. The molecule has 0 spiro atoms. The number of nitrogens with zero attached hydrogens (tertiary/aromatic N) is 1. The zero-order valence-corrected chi connectivity index (χ0v) is 25.2. The van der Waals surface area contributed by atoms with E-state index < -0.39 is 18.2 Å². The van der Waals surface area contributed by atoms with Crippen molar-refractivity contribution < 1.29 is 24.5 Å². The van der Waals surface area contributed by atoms with Crippen LogP contribution in [0.15, 0.2) is 35.9 Å². The second-order valence-electron chi connectivity index (χ2n) is 12.3. The van der Waals surface area contributed by atoms with Gasteiger partial charge in [-0.1, -0.05) is 39.8 Å². The van der Waals surface area contributed by atoms with Gasteiger partial charge in [0.1, 0.15) is 18.0 Å². The van der Waals surface area contributed by atoms with Crippen molar-refractivity contribution in [1.29, 1.82) is 0 Å². The summed E-state index contributed by atoms with van der Waals surface area (Å²) >= 11 is 2.19. The summed E-state index contributed by atoms with van der Waals surface area (Å²) in [5.41, 5.74) is 0.755. The van der Waals surface area contributed by atoms with Crippen LogP contribution in [-0.2, 0) is 9.59 Å². The summed E-state index contributed by atoms with van der Waals surface area (Å²) in [7, 11) is 0. The summed E-state index contributed by atoms with van der Waals surface area (Å²) in [4.78, 5) is 28.7. The number of rotatable bonds is 10. The molecule has 0 radical (unpaired) electrons. The van der Waals surface area contributed by atoms with E-state index in [1.807, 2.05) is 43.0 Å². The van der Waals surface area contributed by atoms with Crippen molar-refractivity contribution in [1.82, 2.24) is 10.2 Å². The summed E-state index contributed by atoms with van der Waals surface area (Å²) < 4.78 is 7.17. The number of benzene rings is 1. The summed E-state index contributed by atoms with van der Waals surface area (Å²) in [6.45, 7) is 9.34. The topological polar surface area (TPSA) is 99.1 Å². The summed E-state index contributed by atoms with van der Waals surface area (Å²) in [6.07, 6.45) is 4.04. The fourth-order valence-corrected chi connectivity index (χ4v) is 7.30. The maximum Gasteiger partial charge on any atom is 0.247 e. The Morgan fingerprint density at radius 1 is 1.24 bits per heavy atom. The number of ether oxygens (including phenoxy) is 1. The van der Waals surface area contributed by atoms with Crippen LogP contribution in [0.2, 0.25) is 0 Å². The van der Waals surface area contributed by atoms with E-state index in [-0.39, 0.29) is 42.7 Å². The molecule has 4 aliphatic rings. The summed E-state index contributed by atoms with van der Waals surface area (Å²) in [5.74, 6) is 2.24. The highest BCUT2D eigenvalue weighted by Crippen LogP contribution is 2.61. The molecule has 7 nitrogen and oxygen atoms in total. The van der Waals surface area contributed by atoms with E-state index in [1.54, 1.807) is 6.08 Å². The molecule has 3 N–H and O–H groups in total. The van der Waals surface area contributed by atoms with E-state index in [0.717, 1.165) is 15.9 Å². The van der Waals surface area contributed by atoms with Gasteiger partial charge in [-0.15, -0.1) is 0 Å². The number of nitrogens with one attached hydrogen (secondary N) is 1. The Morgan fingerprint density at radius 2 is 1.97 bits per heavy atom. The van der Waals surface area contributed by atoms with E-state index in [0.29, 0.717) is 36.1 Å². The first-order valence-electron chi connectivity index (χ1n) is 14.0. The van der Waals surface area contributed by atoms with Gasteiger partial charge in [-0.3, -0.25) is 9.59 Å². The minimum Gasteiger partial charge on any atom is -0.482 e. The fourth-order valence-electron chi connectivity index (χ4n) is 6.79. The number of para-hydroxylation sites is 1. The monoisotopic (exact) mass is 638 g/mol. The maximum absolute atomic E-state index is 13.7. The van der Waals surface area contributed by atoms with Crippen LogP contribution in [0, 0.1) is 32.7 Å². The van der Waals surface area contributed by atoms with E-state index in [4.69, 9.17) is 4.74 Å². The van der Waals surface area contributed by atoms with Crippen LogP contribution in [-0.4, -0.2) is 64.9 Å². The number of hydrogen-bond donors (Lipinski definition) is 3. The van der Waals surface area contributed by atoms with Gasteiger partial charge in [-0.2, -0.15) is 0 Å². The highest BCUT2D eigenvalue weighted by Gasteiger charge is 2.55. The molecule has 1 aromatic carbocycles. The maximum atomic E-state index is 13.7. The van der Waals surface area contributed by atoms with Crippen LogP contribution in [0.4, 0.5) is 0 Å². The number of aliphatic hydroxyl groups excluding tert-OH is 2. The Morgan fingerprint density at radius 3 is 2.61 bits per heavy atom. The molecule has 210 valence electrons. The van der Waals surface area contributed by atoms with Crippen LogP contribution in [0.3, 0.4) is 0 Å². The highest BCUT2D eigenvalue weighted by atomic mass is 127. The molecule has 4 aliphatic carbocycles. The molecule has 0 saturated heterocycles. The van der Waals surface area contributed by atoms with Gasteiger partial charge < -0.3 is 25.2 Å². The van der Waals surface area contributed by atoms with Gasteiger partial charge in [-0.05, 0) is 89.1 Å². The van der Waals surface area contributed by atoms with E-state index in [9.17, 15) is 19.8 Å². The molecule has 8 heteroatoms. The number of carbonyl (C=O) groups excluding carboxylic acids is 2. The van der Waals surface area contributed by atoms with Crippen molar-refractivity contribution in [3.05, 3.63) is 39.5 Å². The minimum absolute atomic E-state index is 0.0216. The van der Waals surface area contributed by atoms with E-state index in [2.05, 4.69) is 41.8 Å². The number of hydrogen-bond acceptors (Lipinski definition) is 5. The largest absolute Gasteiger partial charge is 0.482 e. The summed E-state index contributed by atoms with van der Waals surface area (Å²) in [6, 6.07) is 6.99. The zero-order chi connectivity index (χ0) is 27.6. The molecule has 3 saturated carbocycles. The third-order valence-corrected chi connectivity index (χ3v) is 9.94. The molecule has 2 bridgehead atoms. The molecule has 1 aromatic rings. The molecule has 0 aromatic heterocycles. The first kappa shape index (κ1) is 29.3. The average Bonchev–Trinajstić information content (AvgIpc) is 2.88. The lowest BCUT2D eigenvalue weighted by atomic mass is 9.45. The SMILES string of the molecule is CC(C)CC(=O)N(CC1CCC2CC1C2(C)C)C1CC(C(=O)NCCO)=CC(Oc2ccccc2I)C1O. The molecule has 3 fully saturated rings. The lowest BCUT2D eigenvalue weighted by Crippen LogP contribution is -2.59. The van der Waals surface area contributed by atoms with Gasteiger partial charge >= 0.3 is 0 Å². The van der Waals surface area contributed by atoms with Crippen molar-refractivity contribution in [2.45, 2.75) is 78.0 Å². The number of halogens is 1. The Kier molecular flexibility index (Phi) is 9.46. The van der Waals surface area contributed by atoms with Gasteiger partial charge in [0.05, 0.1) is 16.2 Å². The van der Waals surface area contributed by atoms with Crippen LogP contribution in [0.25, 0.3) is 0 Å². The second kappa shape index (κ2) is 12.3. The molecule has 0 heterocycles. The smallest absolute Gasteiger partial charge is 0.247 e. The Balaban J connectivity index is 1.64.